The number of hydrogen-bond donors (Lipinski definition) is 2. The number of carboxylic acids is 1. The molecule has 6 nitrogen and oxygen atoms in total. The fourth-order valence-corrected chi connectivity index (χ4v) is 3.32. The topological polar surface area (TPSA) is 87.1 Å². The Labute approximate surface area is 140 Å². The van der Waals surface area contributed by atoms with E-state index >= 15 is 0 Å². The van der Waals surface area contributed by atoms with E-state index in [0.29, 0.717) is 24.5 Å². The summed E-state index contributed by atoms with van der Waals surface area (Å²) in [7, 11) is 1.71. The van der Waals surface area contributed by atoms with Crippen molar-refractivity contribution in [2.45, 2.75) is 25.4 Å². The van der Waals surface area contributed by atoms with Crippen molar-refractivity contribution in [3.63, 3.8) is 0 Å². The second kappa shape index (κ2) is 6.65. The minimum absolute atomic E-state index is 0.0788. The summed E-state index contributed by atoms with van der Waals surface area (Å²) in [4.78, 5) is 23.7. The Hall–Kier alpha value is -2.34. The molecular weight excluding hydrogens is 310 g/mol. The van der Waals surface area contributed by atoms with E-state index in [1.807, 2.05) is 24.3 Å². The van der Waals surface area contributed by atoms with Gasteiger partial charge in [0.25, 0.3) is 0 Å². The molecule has 0 spiro atoms. The van der Waals surface area contributed by atoms with Crippen LogP contribution in [0.5, 0.6) is 0 Å². The molecule has 1 fully saturated rings. The largest absolute Gasteiger partial charge is 0.478 e. The predicted octanol–water partition coefficient (Wildman–Crippen LogP) is 3.01. The standard InChI is InChI=1S/C18H21NO5/c1-24-16(13-6-7-13)12-4-2-11(3-5-12)14-8-9-19(18(22)23)10-15(14)17(20)21/h2-5,13,16H,6-10H2,1H3,(H,20,21)(H,22,23). The van der Waals surface area contributed by atoms with Gasteiger partial charge in [0.1, 0.15) is 0 Å². The van der Waals surface area contributed by atoms with Crippen molar-refractivity contribution in [3.8, 4) is 0 Å². The number of benzene rings is 1. The summed E-state index contributed by atoms with van der Waals surface area (Å²) in [5.74, 6) is -0.485. The van der Waals surface area contributed by atoms with Gasteiger partial charge in [0.05, 0.1) is 18.2 Å². The first-order chi connectivity index (χ1) is 11.5. The van der Waals surface area contributed by atoms with Gasteiger partial charge in [-0.15, -0.1) is 0 Å². The third-order valence-electron chi connectivity index (χ3n) is 4.77. The highest BCUT2D eigenvalue weighted by atomic mass is 16.5. The molecule has 0 bridgehead atoms. The maximum atomic E-state index is 11.5. The molecule has 0 saturated heterocycles. The highest BCUT2D eigenvalue weighted by Gasteiger charge is 2.32. The smallest absolute Gasteiger partial charge is 0.407 e. The van der Waals surface area contributed by atoms with Crippen LogP contribution in [0.1, 0.15) is 36.5 Å². The van der Waals surface area contributed by atoms with Crippen LogP contribution in [0.25, 0.3) is 5.57 Å². The average molecular weight is 331 g/mol. The van der Waals surface area contributed by atoms with Crippen LogP contribution in [0.4, 0.5) is 4.79 Å². The summed E-state index contributed by atoms with van der Waals surface area (Å²) >= 11 is 0. The average Bonchev–Trinajstić information content (AvgIpc) is 3.40. The van der Waals surface area contributed by atoms with Crippen LogP contribution in [0, 0.1) is 5.92 Å². The Balaban J connectivity index is 1.87. The Morgan fingerprint density at radius 3 is 2.38 bits per heavy atom. The first-order valence-corrected chi connectivity index (χ1v) is 8.07. The van der Waals surface area contributed by atoms with Crippen LogP contribution < -0.4 is 0 Å². The third kappa shape index (κ3) is 3.28. The number of aliphatic carboxylic acids is 1. The van der Waals surface area contributed by atoms with E-state index < -0.39 is 12.1 Å². The van der Waals surface area contributed by atoms with E-state index in [1.165, 1.54) is 12.8 Å². The highest BCUT2D eigenvalue weighted by Crippen LogP contribution is 2.43. The van der Waals surface area contributed by atoms with Gasteiger partial charge < -0.3 is 19.8 Å². The van der Waals surface area contributed by atoms with Crippen LogP contribution in [0.2, 0.25) is 0 Å². The molecule has 3 rings (SSSR count). The van der Waals surface area contributed by atoms with Gasteiger partial charge in [-0.2, -0.15) is 0 Å². The number of carbonyl (C=O) groups is 2. The fourth-order valence-electron chi connectivity index (χ4n) is 3.32. The number of rotatable bonds is 5. The van der Waals surface area contributed by atoms with E-state index in [1.54, 1.807) is 7.11 Å². The van der Waals surface area contributed by atoms with Crippen molar-refractivity contribution in [2.24, 2.45) is 5.92 Å². The van der Waals surface area contributed by atoms with Crippen LogP contribution in [0.15, 0.2) is 29.8 Å². The van der Waals surface area contributed by atoms with Crippen molar-refractivity contribution in [2.75, 3.05) is 20.2 Å². The molecule has 6 heteroatoms. The Morgan fingerprint density at radius 2 is 1.88 bits per heavy atom. The van der Waals surface area contributed by atoms with Crippen molar-refractivity contribution < 1.29 is 24.5 Å². The van der Waals surface area contributed by atoms with Crippen molar-refractivity contribution in [1.82, 2.24) is 4.90 Å². The van der Waals surface area contributed by atoms with Gasteiger partial charge in [-0.05, 0) is 41.9 Å². The van der Waals surface area contributed by atoms with E-state index in [2.05, 4.69) is 0 Å². The minimum atomic E-state index is -1.09. The number of methoxy groups -OCH3 is 1. The molecule has 1 aromatic carbocycles. The van der Waals surface area contributed by atoms with Crippen LogP contribution in [-0.2, 0) is 9.53 Å². The zero-order valence-electron chi connectivity index (χ0n) is 13.6. The Bertz CT molecular complexity index is 675. The molecule has 1 heterocycles. The van der Waals surface area contributed by atoms with Gasteiger partial charge in [-0.3, -0.25) is 0 Å². The molecule has 1 aliphatic heterocycles. The van der Waals surface area contributed by atoms with Crippen molar-refractivity contribution in [1.29, 1.82) is 0 Å². The summed E-state index contributed by atoms with van der Waals surface area (Å²) in [6.45, 7) is 0.233. The lowest BCUT2D eigenvalue weighted by atomic mass is 9.92. The van der Waals surface area contributed by atoms with Gasteiger partial charge in [0, 0.05) is 13.7 Å². The van der Waals surface area contributed by atoms with Crippen molar-refractivity contribution in [3.05, 3.63) is 41.0 Å². The normalized spacial score (nSPS) is 19.3. The number of nitrogens with zero attached hydrogens (tertiary/aromatic N) is 1. The summed E-state index contributed by atoms with van der Waals surface area (Å²) in [5.41, 5.74) is 2.81. The minimum Gasteiger partial charge on any atom is -0.478 e. The number of carboxylic acid groups (broad SMARTS) is 2. The van der Waals surface area contributed by atoms with E-state index in [9.17, 15) is 14.7 Å². The highest BCUT2D eigenvalue weighted by molar-refractivity contribution is 5.98. The predicted molar refractivity (Wildman–Crippen MR) is 87.7 cm³/mol. The maximum Gasteiger partial charge on any atom is 0.407 e. The third-order valence-corrected chi connectivity index (χ3v) is 4.77. The molecule has 128 valence electrons. The summed E-state index contributed by atoms with van der Waals surface area (Å²) < 4.78 is 5.57. The van der Waals surface area contributed by atoms with Gasteiger partial charge in [-0.25, -0.2) is 9.59 Å². The summed E-state index contributed by atoms with van der Waals surface area (Å²) in [6.07, 6.45) is 1.78. The zero-order chi connectivity index (χ0) is 17.3. The van der Waals surface area contributed by atoms with Crippen LogP contribution in [0.3, 0.4) is 0 Å². The molecule has 0 radical (unpaired) electrons. The Morgan fingerprint density at radius 1 is 1.21 bits per heavy atom. The van der Waals surface area contributed by atoms with E-state index in [4.69, 9.17) is 9.84 Å². The summed E-state index contributed by atoms with van der Waals surface area (Å²) in [5, 5.41) is 18.5. The van der Waals surface area contributed by atoms with Gasteiger partial charge in [-0.1, -0.05) is 24.3 Å². The maximum absolute atomic E-state index is 11.5. The molecule has 24 heavy (non-hydrogen) atoms. The first kappa shape index (κ1) is 16.5. The molecule has 1 atom stereocenters. The molecule has 2 N–H and O–H groups in total. The molecular formula is C18H21NO5. The van der Waals surface area contributed by atoms with Gasteiger partial charge >= 0.3 is 12.1 Å². The second-order valence-electron chi connectivity index (χ2n) is 6.33. The number of ether oxygens (including phenoxy) is 1. The molecule has 1 amide bonds. The van der Waals surface area contributed by atoms with E-state index in [-0.39, 0.29) is 18.2 Å². The zero-order valence-corrected chi connectivity index (χ0v) is 13.6. The first-order valence-electron chi connectivity index (χ1n) is 8.07. The molecule has 1 aliphatic carbocycles. The monoisotopic (exact) mass is 331 g/mol. The lowest BCUT2D eigenvalue weighted by molar-refractivity contribution is -0.132. The molecule has 2 aliphatic rings. The van der Waals surface area contributed by atoms with Gasteiger partial charge in [0.15, 0.2) is 0 Å². The van der Waals surface area contributed by atoms with Crippen LogP contribution >= 0.6 is 0 Å². The molecule has 1 aromatic rings. The number of hydrogen-bond acceptors (Lipinski definition) is 3. The molecule has 1 unspecified atom stereocenters. The Kier molecular flexibility index (Phi) is 4.57. The molecule has 1 saturated carbocycles. The lowest BCUT2D eigenvalue weighted by Gasteiger charge is -2.27. The number of amides is 1. The van der Waals surface area contributed by atoms with E-state index in [0.717, 1.165) is 16.0 Å². The van der Waals surface area contributed by atoms with Crippen molar-refractivity contribution >= 4 is 17.6 Å². The summed E-state index contributed by atoms with van der Waals surface area (Å²) in [6, 6.07) is 7.80. The van der Waals surface area contributed by atoms with Gasteiger partial charge in [0.2, 0.25) is 0 Å². The quantitative estimate of drug-likeness (QED) is 0.866. The lowest BCUT2D eigenvalue weighted by Crippen LogP contribution is -2.37. The SMILES string of the molecule is COC(c1ccc(C2=C(C(=O)O)CN(C(=O)O)CC2)cc1)C1CC1. The second-order valence-corrected chi connectivity index (χ2v) is 6.33. The fraction of sp³-hybridized carbons (Fsp3) is 0.444. The van der Waals surface area contributed by atoms with Crippen LogP contribution in [-0.4, -0.2) is 47.4 Å². The molecule has 0 aromatic heterocycles.